The number of ether oxygens (including phenoxy) is 1. The summed E-state index contributed by atoms with van der Waals surface area (Å²) in [6.45, 7) is 6.19. The molecule has 2 aromatic heterocycles. The van der Waals surface area contributed by atoms with Crippen molar-refractivity contribution < 1.29 is 9.84 Å². The molecule has 0 fully saturated rings. The number of aryl methyl sites for hydroxylation is 3. The molecule has 0 aliphatic carbocycles. The number of aromatic nitrogens is 3. The second kappa shape index (κ2) is 7.80. The molecule has 30 heavy (non-hydrogen) atoms. The molecule has 154 valence electrons. The van der Waals surface area contributed by atoms with Crippen molar-refractivity contribution >= 4 is 5.52 Å². The fourth-order valence-corrected chi connectivity index (χ4v) is 4.09. The van der Waals surface area contributed by atoms with Gasteiger partial charge in [-0.25, -0.2) is 4.52 Å². The summed E-state index contributed by atoms with van der Waals surface area (Å²) < 4.78 is 8.39. The van der Waals surface area contributed by atoms with E-state index in [0.29, 0.717) is 11.2 Å². The Hall–Kier alpha value is -3.38. The summed E-state index contributed by atoms with van der Waals surface area (Å²) in [6.07, 6.45) is 2.63. The predicted octanol–water partition coefficient (Wildman–Crippen LogP) is 3.83. The monoisotopic (exact) mass is 403 g/mol. The summed E-state index contributed by atoms with van der Waals surface area (Å²) in [5, 5.41) is 15.4. The second-order valence-corrected chi connectivity index (χ2v) is 7.68. The molecule has 1 unspecified atom stereocenters. The molecule has 6 heteroatoms. The molecular weight excluding hydrogens is 378 g/mol. The number of aliphatic hydroxyl groups excluding tert-OH is 1. The topological polar surface area (TPSA) is 68.8 Å². The van der Waals surface area contributed by atoms with E-state index in [1.165, 1.54) is 4.57 Å². The molecule has 1 N–H and O–H groups in total. The van der Waals surface area contributed by atoms with E-state index in [9.17, 15) is 9.90 Å². The molecule has 0 aliphatic rings. The number of rotatable bonds is 5. The van der Waals surface area contributed by atoms with Gasteiger partial charge in [0.15, 0.2) is 0 Å². The first-order valence-corrected chi connectivity index (χ1v) is 9.86. The molecule has 0 bridgehead atoms. The van der Waals surface area contributed by atoms with E-state index in [1.807, 2.05) is 45.0 Å². The Balaban J connectivity index is 1.69. The lowest BCUT2D eigenvalue weighted by Crippen LogP contribution is -2.24. The van der Waals surface area contributed by atoms with Crippen LogP contribution in [-0.2, 0) is 6.54 Å². The van der Waals surface area contributed by atoms with Gasteiger partial charge in [0.25, 0.3) is 5.56 Å². The molecule has 6 nitrogen and oxygen atoms in total. The summed E-state index contributed by atoms with van der Waals surface area (Å²) in [7, 11) is 1.62. The Morgan fingerprint density at radius 3 is 2.50 bits per heavy atom. The maximum absolute atomic E-state index is 13.1. The van der Waals surface area contributed by atoms with Crippen LogP contribution in [0.4, 0.5) is 0 Å². The second-order valence-electron chi connectivity index (χ2n) is 7.68. The smallest absolute Gasteiger partial charge is 0.276 e. The average molecular weight is 403 g/mol. The molecule has 1 atom stereocenters. The Bertz CT molecular complexity index is 1260. The van der Waals surface area contributed by atoms with Gasteiger partial charge in [0, 0.05) is 18.0 Å². The molecule has 4 aromatic rings. The lowest BCUT2D eigenvalue weighted by Gasteiger charge is -2.18. The zero-order valence-electron chi connectivity index (χ0n) is 17.6. The molecule has 0 radical (unpaired) electrons. The Kier molecular flexibility index (Phi) is 5.18. The van der Waals surface area contributed by atoms with Gasteiger partial charge >= 0.3 is 0 Å². The maximum atomic E-state index is 13.1. The zero-order valence-corrected chi connectivity index (χ0v) is 17.6. The number of nitrogens with zero attached hydrogens (tertiary/aromatic N) is 3. The number of aliphatic hydroxyl groups is 1. The molecule has 0 saturated heterocycles. The van der Waals surface area contributed by atoms with Gasteiger partial charge in [0.05, 0.1) is 25.5 Å². The normalized spacial score (nSPS) is 12.3. The standard InChI is InChI=1S/C24H25N3O3/c1-15-10-16(2)23(17(3)11-15)22(28)14-26-8-9-27-21(24(26)29)13-20(25-27)18-6-5-7-19(12-18)30-4/h5-13,22,28H,14H2,1-4H3. The predicted molar refractivity (Wildman–Crippen MR) is 117 cm³/mol. The van der Waals surface area contributed by atoms with E-state index in [-0.39, 0.29) is 12.1 Å². The van der Waals surface area contributed by atoms with Gasteiger partial charge in [0.1, 0.15) is 11.3 Å². The molecular formula is C24H25N3O3. The van der Waals surface area contributed by atoms with E-state index in [0.717, 1.165) is 33.6 Å². The zero-order chi connectivity index (χ0) is 21.4. The molecule has 0 saturated carbocycles. The Labute approximate surface area is 175 Å². The summed E-state index contributed by atoms with van der Waals surface area (Å²) in [5.74, 6) is 0.730. The van der Waals surface area contributed by atoms with Crippen LogP contribution in [0.3, 0.4) is 0 Å². The van der Waals surface area contributed by atoms with Crippen molar-refractivity contribution in [3.8, 4) is 17.0 Å². The molecule has 0 amide bonds. The highest BCUT2D eigenvalue weighted by molar-refractivity contribution is 5.66. The third kappa shape index (κ3) is 3.62. The SMILES string of the molecule is COc1cccc(-c2cc3c(=O)n(CC(O)c4c(C)cc(C)cc4C)ccn3n2)c1. The minimum Gasteiger partial charge on any atom is -0.497 e. The van der Waals surface area contributed by atoms with Crippen LogP contribution in [0.2, 0.25) is 0 Å². The van der Waals surface area contributed by atoms with Gasteiger partial charge in [0.2, 0.25) is 0 Å². The maximum Gasteiger partial charge on any atom is 0.276 e. The molecule has 4 rings (SSSR count). The van der Waals surface area contributed by atoms with Crippen LogP contribution < -0.4 is 10.3 Å². The van der Waals surface area contributed by atoms with Gasteiger partial charge in [-0.3, -0.25) is 4.79 Å². The summed E-state index contributed by atoms with van der Waals surface area (Å²) in [6, 6.07) is 13.4. The molecule has 2 aromatic carbocycles. The van der Waals surface area contributed by atoms with Crippen LogP contribution in [0.5, 0.6) is 5.75 Å². The minimum absolute atomic E-state index is 0.180. The van der Waals surface area contributed by atoms with Crippen LogP contribution in [-0.4, -0.2) is 26.4 Å². The number of methoxy groups -OCH3 is 1. The van der Waals surface area contributed by atoms with Gasteiger partial charge in [-0.15, -0.1) is 0 Å². The van der Waals surface area contributed by atoms with Gasteiger partial charge < -0.3 is 14.4 Å². The quantitative estimate of drug-likeness (QED) is 0.550. The van der Waals surface area contributed by atoms with Crippen LogP contribution >= 0.6 is 0 Å². The van der Waals surface area contributed by atoms with Crippen LogP contribution in [0.15, 0.2) is 59.7 Å². The largest absolute Gasteiger partial charge is 0.497 e. The summed E-state index contributed by atoms with van der Waals surface area (Å²) in [4.78, 5) is 13.1. The van der Waals surface area contributed by atoms with Crippen molar-refractivity contribution in [2.45, 2.75) is 33.4 Å². The van der Waals surface area contributed by atoms with Crippen LogP contribution in [0.1, 0.15) is 28.4 Å². The fraction of sp³-hybridized carbons (Fsp3) is 0.250. The van der Waals surface area contributed by atoms with Crippen LogP contribution in [0, 0.1) is 20.8 Å². The van der Waals surface area contributed by atoms with Gasteiger partial charge in [-0.2, -0.15) is 5.10 Å². The Morgan fingerprint density at radius 1 is 1.07 bits per heavy atom. The average Bonchev–Trinajstić information content (AvgIpc) is 3.15. The van der Waals surface area contributed by atoms with Gasteiger partial charge in [-0.05, 0) is 55.7 Å². The van der Waals surface area contributed by atoms with Crippen LogP contribution in [0.25, 0.3) is 16.8 Å². The highest BCUT2D eigenvalue weighted by Gasteiger charge is 2.17. The molecule has 0 aliphatic heterocycles. The summed E-state index contributed by atoms with van der Waals surface area (Å²) in [5.41, 5.74) is 5.91. The number of hydrogen-bond acceptors (Lipinski definition) is 4. The van der Waals surface area contributed by atoms with E-state index < -0.39 is 6.10 Å². The first-order valence-electron chi connectivity index (χ1n) is 9.86. The molecule has 2 heterocycles. The first kappa shape index (κ1) is 19.9. The highest BCUT2D eigenvalue weighted by Crippen LogP contribution is 2.25. The molecule has 0 spiro atoms. The van der Waals surface area contributed by atoms with Crippen molar-refractivity contribution in [3.05, 3.63) is 87.5 Å². The number of hydrogen-bond donors (Lipinski definition) is 1. The Morgan fingerprint density at radius 2 is 1.80 bits per heavy atom. The van der Waals surface area contributed by atoms with Crippen molar-refractivity contribution in [1.82, 2.24) is 14.2 Å². The fourth-order valence-electron chi connectivity index (χ4n) is 4.09. The minimum atomic E-state index is -0.772. The van der Waals surface area contributed by atoms with Crippen molar-refractivity contribution in [3.63, 3.8) is 0 Å². The number of fused-ring (bicyclic) bond motifs is 1. The van der Waals surface area contributed by atoms with E-state index >= 15 is 0 Å². The lowest BCUT2D eigenvalue weighted by atomic mass is 9.95. The number of benzene rings is 2. The van der Waals surface area contributed by atoms with E-state index in [4.69, 9.17) is 4.74 Å². The highest BCUT2D eigenvalue weighted by atomic mass is 16.5. The van der Waals surface area contributed by atoms with Crippen molar-refractivity contribution in [2.24, 2.45) is 0 Å². The summed E-state index contributed by atoms with van der Waals surface area (Å²) >= 11 is 0. The van der Waals surface area contributed by atoms with E-state index in [2.05, 4.69) is 17.2 Å². The van der Waals surface area contributed by atoms with Gasteiger partial charge in [-0.1, -0.05) is 29.8 Å². The lowest BCUT2D eigenvalue weighted by molar-refractivity contribution is 0.153. The third-order valence-electron chi connectivity index (χ3n) is 5.41. The first-order chi connectivity index (χ1) is 14.4. The van der Waals surface area contributed by atoms with Crippen molar-refractivity contribution in [1.29, 1.82) is 0 Å². The van der Waals surface area contributed by atoms with E-state index in [1.54, 1.807) is 30.1 Å². The van der Waals surface area contributed by atoms with Crippen molar-refractivity contribution in [2.75, 3.05) is 7.11 Å². The third-order valence-corrected chi connectivity index (χ3v) is 5.41.